The molecule has 0 saturated heterocycles. The predicted octanol–water partition coefficient (Wildman–Crippen LogP) is 20.3. The molecule has 850 valence electrons. The van der Waals surface area contributed by atoms with Crippen LogP contribution in [0.15, 0.2) is 18.2 Å². The molecule has 28 heteroatoms. The summed E-state index contributed by atoms with van der Waals surface area (Å²) in [5.74, 6) is -2.61. The Morgan fingerprint density at radius 2 is 0.534 bits per heavy atom. The van der Waals surface area contributed by atoms with Crippen LogP contribution in [0.5, 0.6) is 0 Å². The molecule has 0 aliphatic rings. The van der Waals surface area contributed by atoms with Gasteiger partial charge < -0.3 is 36.8 Å². The molecule has 4 amide bonds. The van der Waals surface area contributed by atoms with Gasteiger partial charge >= 0.3 is 0 Å². The molecule has 0 aromatic heterocycles. The summed E-state index contributed by atoms with van der Waals surface area (Å²) in [5.41, 5.74) is 2.42. The van der Waals surface area contributed by atoms with E-state index in [0.717, 1.165) is 31.4 Å². The fourth-order valence-corrected chi connectivity index (χ4v) is 14.4. The van der Waals surface area contributed by atoms with Crippen molar-refractivity contribution in [1.29, 1.82) is 0 Å². The highest BCUT2D eigenvalue weighted by atomic mass is 16.2. The lowest BCUT2D eigenvalue weighted by atomic mass is 9.91. The number of hydrogen-bond donors (Lipinski definition) is 6. The minimum Gasteiger partial charge on any atom is -0.346 e. The molecule has 146 heavy (non-hydrogen) atoms. The standard InChI is InChI=1S/C30H53N3O6.C22H40N2O4.C22H42N2O3.C21H38N2O4.C18H26O2.5CH4/c1-17(2)25(34)14-11-23(29(38)19(5)6)32-27(36)16-13-24(30(39)20(7)8)33-26(35)15-12-22(31-21(9)10)28(37)18(3)4;1-13(2)19(25)11-9-18(22(28)15(5)6)24-20(26)12-10-17(23-16(7)8)21(27)14(3)4;1-15(2)20(25)13-24(14-21(26)16(3)4)19(22(27)17(5)6)11-9-10-12-23-18(7)8;1-14(2)18(24)11-22(12-19(25)15(3)4)9-10-23(21(27)17(7)8)13-20(26)16(5)6;1-11(2)7-14-8-15(17(19)12(3)4)10-16(9-14)18(20)13(5)6;;;;;/h17-24,31H,11-16H2,1-10H3,(H,32,36)(H,33,35);13-18,23H,9-12H2,1-8H3,(H,24,26);15-19,23H,9-14H2,1-8H3;14-17H,9-13H2,1-8H3;8-13H,7H2,1-6H3;5*1H4. The number of nitrogens with zero attached hydrogens (tertiary/aromatic N) is 3. The van der Waals surface area contributed by atoms with Crippen LogP contribution in [-0.2, 0) is 87.9 Å². The number of carbonyl (C=O) groups is 19. The first kappa shape index (κ1) is 156. The van der Waals surface area contributed by atoms with Crippen LogP contribution in [0.2, 0.25) is 0 Å². The van der Waals surface area contributed by atoms with Gasteiger partial charge in [0.15, 0.2) is 52.0 Å². The number of amides is 4. The second-order valence-electron chi connectivity index (χ2n) is 44.7. The second-order valence-corrected chi connectivity index (χ2v) is 44.7. The first-order valence-corrected chi connectivity index (χ1v) is 52.9. The third-order valence-corrected chi connectivity index (χ3v) is 23.8. The lowest BCUT2D eigenvalue weighted by molar-refractivity contribution is -0.139. The third kappa shape index (κ3) is 68.6. The van der Waals surface area contributed by atoms with Crippen molar-refractivity contribution in [3.8, 4) is 0 Å². The Kier molecular flexibility index (Phi) is 87.1. The molecule has 6 unspecified atom stereocenters. The number of carbonyl (C=O) groups excluding carboxylic acids is 19. The summed E-state index contributed by atoms with van der Waals surface area (Å²) >= 11 is 0. The van der Waals surface area contributed by atoms with Crippen LogP contribution in [0.1, 0.15) is 424 Å². The van der Waals surface area contributed by atoms with Crippen LogP contribution in [0, 0.1) is 101 Å². The molecule has 0 fully saturated rings. The minimum absolute atomic E-state index is 0. The van der Waals surface area contributed by atoms with Gasteiger partial charge in [-0.15, -0.1) is 0 Å². The molecule has 28 nitrogen and oxygen atoms in total. The Labute approximate surface area is 889 Å². The van der Waals surface area contributed by atoms with E-state index >= 15 is 0 Å². The highest BCUT2D eigenvalue weighted by molar-refractivity contribution is 6.03. The number of ketones is 15. The van der Waals surface area contributed by atoms with E-state index in [1.54, 1.807) is 85.1 Å². The van der Waals surface area contributed by atoms with Gasteiger partial charge in [-0.05, 0) is 87.6 Å². The first-order valence-electron chi connectivity index (χ1n) is 52.9. The van der Waals surface area contributed by atoms with Crippen LogP contribution in [-0.4, -0.2) is 232 Å². The van der Waals surface area contributed by atoms with Crippen LogP contribution < -0.4 is 31.9 Å². The van der Waals surface area contributed by atoms with Crippen molar-refractivity contribution in [2.24, 2.45) is 101 Å². The van der Waals surface area contributed by atoms with Gasteiger partial charge in [-0.3, -0.25) is 101 Å². The van der Waals surface area contributed by atoms with Crippen molar-refractivity contribution in [3.05, 3.63) is 34.9 Å². The molecule has 1 aromatic rings. The fraction of sp³-hybridized carbons (Fsp3) is 0.788. The van der Waals surface area contributed by atoms with E-state index in [1.165, 1.54) is 0 Å². The normalized spacial score (nSPS) is 12.6. The van der Waals surface area contributed by atoms with Crippen molar-refractivity contribution in [2.75, 3.05) is 52.4 Å². The lowest BCUT2D eigenvalue weighted by Gasteiger charge is -2.32. The fourth-order valence-electron chi connectivity index (χ4n) is 14.4. The molecule has 0 spiro atoms. The molecule has 0 heterocycles. The van der Waals surface area contributed by atoms with Crippen LogP contribution in [0.3, 0.4) is 0 Å². The highest BCUT2D eigenvalue weighted by Gasteiger charge is 2.35. The summed E-state index contributed by atoms with van der Waals surface area (Å²) in [7, 11) is 0. The van der Waals surface area contributed by atoms with Gasteiger partial charge in [-0.1, -0.05) is 321 Å². The van der Waals surface area contributed by atoms with Crippen molar-refractivity contribution in [3.63, 3.8) is 0 Å². The van der Waals surface area contributed by atoms with E-state index in [2.05, 4.69) is 59.6 Å². The van der Waals surface area contributed by atoms with E-state index in [1.807, 2.05) is 197 Å². The Morgan fingerprint density at radius 1 is 0.260 bits per heavy atom. The van der Waals surface area contributed by atoms with Crippen molar-refractivity contribution < 1.29 is 91.1 Å². The van der Waals surface area contributed by atoms with Crippen molar-refractivity contribution >= 4 is 110 Å². The Morgan fingerprint density at radius 3 is 0.795 bits per heavy atom. The average molecular weight is 2070 g/mol. The topological polar surface area (TPSA) is 406 Å². The van der Waals surface area contributed by atoms with Gasteiger partial charge in [-0.25, -0.2) is 0 Å². The Hall–Kier alpha value is -8.05. The number of Topliss-reactive ketones (excluding diaryl/α,β-unsaturated/α-hetero) is 15. The SMILES string of the molecule is C.C.C.C.C.CC(C)C(=O)CN(CCN(CC(=O)C(C)C)C(=O)C(C)C)CC(=O)C(C)C.CC(C)Cc1cc(C(=O)C(C)C)cc(C(=O)C(C)C)c1.CC(C)NC(CCC(=O)NC(CCC(=O)C(C)C)C(=O)C(C)C)C(=O)C(C)C.CC(C)NC(CCC(=O)NC(CCC(=O)NC(CCC(=O)C(C)C)C(=O)C(C)C)C(=O)C(C)C)C(=O)C(C)C.CC(C)NCCCCC(C(=O)C(C)C)N(CC(=O)C(C)C)CC(=O)C(C)C. The molecule has 0 saturated carbocycles. The molecule has 6 N–H and O–H groups in total. The number of rotatable bonds is 68. The van der Waals surface area contributed by atoms with Crippen LogP contribution in [0.4, 0.5) is 0 Å². The summed E-state index contributed by atoms with van der Waals surface area (Å²) in [6, 6.07) is 2.79. The summed E-state index contributed by atoms with van der Waals surface area (Å²) < 4.78 is 0. The van der Waals surface area contributed by atoms with Gasteiger partial charge in [-0.2, -0.15) is 0 Å². The van der Waals surface area contributed by atoms with Crippen LogP contribution >= 0.6 is 0 Å². The smallest absolute Gasteiger partial charge is 0.225 e. The Bertz CT molecular complexity index is 3970. The van der Waals surface area contributed by atoms with Gasteiger partial charge in [0.25, 0.3) is 0 Å². The monoisotopic (exact) mass is 2070 g/mol. The summed E-state index contributed by atoms with van der Waals surface area (Å²) in [5, 5.41) is 18.1. The van der Waals surface area contributed by atoms with E-state index in [4.69, 9.17) is 0 Å². The lowest BCUT2D eigenvalue weighted by Crippen LogP contribution is -2.49. The summed E-state index contributed by atoms with van der Waals surface area (Å²) in [4.78, 5) is 241. The maximum absolute atomic E-state index is 12.9. The molecular formula is C118H219N9O19. The minimum atomic E-state index is -0.859. The largest absolute Gasteiger partial charge is 0.346 e. The molecule has 0 bridgehead atoms. The molecule has 6 atom stereocenters. The number of unbranched alkanes of at least 4 members (excludes halogenated alkanes) is 1. The maximum atomic E-state index is 12.9. The van der Waals surface area contributed by atoms with Crippen LogP contribution in [0.25, 0.3) is 0 Å². The van der Waals surface area contributed by atoms with Gasteiger partial charge in [0, 0.05) is 169 Å². The van der Waals surface area contributed by atoms with Crippen molar-refractivity contribution in [2.45, 2.75) is 458 Å². The molecule has 1 rings (SSSR count). The zero-order chi connectivity index (χ0) is 110. The zero-order valence-electron chi connectivity index (χ0n) is 95.4. The highest BCUT2D eigenvalue weighted by Crippen LogP contribution is 2.24. The molecule has 1 aromatic carbocycles. The second kappa shape index (κ2) is 81.8. The van der Waals surface area contributed by atoms with Crippen molar-refractivity contribution in [1.82, 2.24) is 46.6 Å². The van der Waals surface area contributed by atoms with E-state index in [9.17, 15) is 91.1 Å². The number of hydrogen-bond acceptors (Lipinski definition) is 24. The van der Waals surface area contributed by atoms with E-state index < -0.39 is 30.1 Å². The third-order valence-electron chi connectivity index (χ3n) is 23.8. The predicted molar refractivity (Wildman–Crippen MR) is 601 cm³/mol. The van der Waals surface area contributed by atoms with E-state index in [-0.39, 0.29) is 338 Å². The number of nitrogens with one attached hydrogen (secondary N) is 6. The molecular weight excluding hydrogens is 1850 g/mol. The number of benzene rings is 1. The molecule has 0 aliphatic heterocycles. The van der Waals surface area contributed by atoms with E-state index in [0.29, 0.717) is 61.9 Å². The first-order chi connectivity index (χ1) is 64.9. The molecule has 0 radical (unpaired) electrons. The molecule has 0 aliphatic carbocycles. The van der Waals surface area contributed by atoms with Gasteiger partial charge in [0.2, 0.25) is 23.6 Å². The summed E-state index contributed by atoms with van der Waals surface area (Å²) in [6.45, 7) is 77.2. The van der Waals surface area contributed by atoms with Gasteiger partial charge in [0.05, 0.1) is 69.0 Å². The summed E-state index contributed by atoms with van der Waals surface area (Å²) in [6.07, 6.45) is 5.38. The quantitative estimate of drug-likeness (QED) is 0.0260. The Balaban J connectivity index is -0.000000231. The zero-order valence-corrected chi connectivity index (χ0v) is 95.4. The van der Waals surface area contributed by atoms with Gasteiger partial charge in [0.1, 0.15) is 34.7 Å². The maximum Gasteiger partial charge on any atom is 0.225 e. The average Bonchev–Trinajstić information content (AvgIpc) is 0.798.